The molecule has 1 N–H and O–H groups in total. The molecule has 4 heteroatoms. The molecular weight excluding hydrogens is 204 g/mol. The summed E-state index contributed by atoms with van der Waals surface area (Å²) >= 11 is 0. The zero-order valence-electron chi connectivity index (χ0n) is 10.1. The Morgan fingerprint density at radius 2 is 2.12 bits per heavy atom. The fourth-order valence-corrected chi connectivity index (χ4v) is 1.86. The largest absolute Gasteiger partial charge is 0.352 e. The van der Waals surface area contributed by atoms with E-state index in [4.69, 9.17) is 0 Å². The van der Waals surface area contributed by atoms with Gasteiger partial charge in [0.1, 0.15) is 0 Å². The lowest BCUT2D eigenvalue weighted by molar-refractivity contribution is -0.133. The van der Waals surface area contributed by atoms with E-state index in [1.54, 1.807) is 11.8 Å². The summed E-state index contributed by atoms with van der Waals surface area (Å²) in [5.74, 6) is 0.0309. The molecule has 1 fully saturated rings. The highest BCUT2D eigenvalue weighted by Gasteiger charge is 2.26. The van der Waals surface area contributed by atoms with Crippen LogP contribution in [0.25, 0.3) is 0 Å². The molecule has 90 valence electrons. The Morgan fingerprint density at radius 1 is 1.44 bits per heavy atom. The topological polar surface area (TPSA) is 49.4 Å². The molecule has 1 heterocycles. The third-order valence-corrected chi connectivity index (χ3v) is 2.80. The molecular formula is C12H20N2O2. The standard InChI is InChI=1S/C12H20N2O2/c1-9(2)7-13-12(16)11-5-4-6-14(8-11)10(3)15/h11H,1,4-8H2,2-3H3,(H,13,16). The third-order valence-electron chi connectivity index (χ3n) is 2.80. The van der Waals surface area contributed by atoms with Gasteiger partial charge in [-0.1, -0.05) is 12.2 Å². The minimum atomic E-state index is -0.0583. The fraction of sp³-hybridized carbons (Fsp3) is 0.667. The quantitative estimate of drug-likeness (QED) is 0.725. The van der Waals surface area contributed by atoms with E-state index in [1.165, 1.54) is 0 Å². The van der Waals surface area contributed by atoms with Gasteiger partial charge in [0.05, 0.1) is 5.92 Å². The summed E-state index contributed by atoms with van der Waals surface area (Å²) in [4.78, 5) is 24.7. The molecule has 1 atom stereocenters. The van der Waals surface area contributed by atoms with Crippen molar-refractivity contribution in [1.29, 1.82) is 0 Å². The molecule has 1 rings (SSSR count). The van der Waals surface area contributed by atoms with Gasteiger partial charge in [-0.05, 0) is 19.8 Å². The molecule has 0 bridgehead atoms. The van der Waals surface area contributed by atoms with Gasteiger partial charge in [0, 0.05) is 26.6 Å². The van der Waals surface area contributed by atoms with Crippen LogP contribution in [0, 0.1) is 5.92 Å². The third kappa shape index (κ3) is 3.68. The van der Waals surface area contributed by atoms with Crippen LogP contribution < -0.4 is 5.32 Å². The maximum absolute atomic E-state index is 11.8. The highest BCUT2D eigenvalue weighted by molar-refractivity contribution is 5.80. The van der Waals surface area contributed by atoms with Crippen molar-refractivity contribution in [2.24, 2.45) is 5.92 Å². The summed E-state index contributed by atoms with van der Waals surface area (Å²) in [6.45, 7) is 9.02. The van der Waals surface area contributed by atoms with Gasteiger partial charge in [0.25, 0.3) is 0 Å². The number of rotatable bonds is 3. The number of carbonyl (C=O) groups is 2. The van der Waals surface area contributed by atoms with E-state index in [1.807, 2.05) is 6.92 Å². The minimum absolute atomic E-state index is 0.0361. The summed E-state index contributed by atoms with van der Waals surface area (Å²) in [5.41, 5.74) is 0.938. The van der Waals surface area contributed by atoms with Crippen LogP contribution in [0.2, 0.25) is 0 Å². The summed E-state index contributed by atoms with van der Waals surface area (Å²) in [5, 5.41) is 2.83. The monoisotopic (exact) mass is 224 g/mol. The summed E-state index contributed by atoms with van der Waals surface area (Å²) < 4.78 is 0. The smallest absolute Gasteiger partial charge is 0.225 e. The second-order valence-corrected chi connectivity index (χ2v) is 4.48. The van der Waals surface area contributed by atoms with Crippen LogP contribution in [0.5, 0.6) is 0 Å². The molecule has 1 aliphatic rings. The molecule has 0 radical (unpaired) electrons. The molecule has 1 aliphatic heterocycles. The Bertz CT molecular complexity index is 299. The zero-order chi connectivity index (χ0) is 12.1. The van der Waals surface area contributed by atoms with Gasteiger partial charge < -0.3 is 10.2 Å². The lowest BCUT2D eigenvalue weighted by atomic mass is 9.97. The van der Waals surface area contributed by atoms with E-state index in [9.17, 15) is 9.59 Å². The fourth-order valence-electron chi connectivity index (χ4n) is 1.86. The van der Waals surface area contributed by atoms with Crippen molar-refractivity contribution in [1.82, 2.24) is 10.2 Å². The van der Waals surface area contributed by atoms with E-state index < -0.39 is 0 Å². The van der Waals surface area contributed by atoms with Crippen LogP contribution in [0.15, 0.2) is 12.2 Å². The Hall–Kier alpha value is -1.32. The maximum Gasteiger partial charge on any atom is 0.225 e. The summed E-state index contributed by atoms with van der Waals surface area (Å²) in [6.07, 6.45) is 1.77. The van der Waals surface area contributed by atoms with Gasteiger partial charge in [0.2, 0.25) is 11.8 Å². The van der Waals surface area contributed by atoms with E-state index in [0.717, 1.165) is 25.0 Å². The average molecular weight is 224 g/mol. The number of likely N-dealkylation sites (tertiary alicyclic amines) is 1. The number of amides is 2. The minimum Gasteiger partial charge on any atom is -0.352 e. The predicted molar refractivity (Wildman–Crippen MR) is 62.8 cm³/mol. The second kappa shape index (κ2) is 5.68. The number of nitrogens with one attached hydrogen (secondary N) is 1. The van der Waals surface area contributed by atoms with Crippen LogP contribution in [0.3, 0.4) is 0 Å². The van der Waals surface area contributed by atoms with Crippen LogP contribution in [-0.4, -0.2) is 36.3 Å². The second-order valence-electron chi connectivity index (χ2n) is 4.48. The molecule has 1 unspecified atom stereocenters. The van der Waals surface area contributed by atoms with Crippen molar-refractivity contribution < 1.29 is 9.59 Å². The first-order valence-electron chi connectivity index (χ1n) is 5.68. The molecule has 0 aromatic carbocycles. The van der Waals surface area contributed by atoms with Gasteiger partial charge >= 0.3 is 0 Å². The molecule has 0 spiro atoms. The van der Waals surface area contributed by atoms with Crippen molar-refractivity contribution in [2.45, 2.75) is 26.7 Å². The van der Waals surface area contributed by atoms with Gasteiger partial charge in [0.15, 0.2) is 0 Å². The first-order valence-corrected chi connectivity index (χ1v) is 5.68. The van der Waals surface area contributed by atoms with Crippen molar-refractivity contribution in [3.05, 3.63) is 12.2 Å². The van der Waals surface area contributed by atoms with Crippen LogP contribution in [0.1, 0.15) is 26.7 Å². The van der Waals surface area contributed by atoms with Crippen LogP contribution in [-0.2, 0) is 9.59 Å². The van der Waals surface area contributed by atoms with Crippen molar-refractivity contribution >= 4 is 11.8 Å². The van der Waals surface area contributed by atoms with Crippen LogP contribution in [0.4, 0.5) is 0 Å². The zero-order valence-corrected chi connectivity index (χ0v) is 10.1. The number of hydrogen-bond donors (Lipinski definition) is 1. The van der Waals surface area contributed by atoms with Gasteiger partial charge in [-0.25, -0.2) is 0 Å². The van der Waals surface area contributed by atoms with Gasteiger partial charge in [-0.15, -0.1) is 0 Å². The molecule has 2 amide bonds. The van der Waals surface area contributed by atoms with Gasteiger partial charge in [-0.3, -0.25) is 9.59 Å². The Morgan fingerprint density at radius 3 is 2.69 bits per heavy atom. The summed E-state index contributed by atoms with van der Waals surface area (Å²) in [7, 11) is 0. The first-order chi connectivity index (χ1) is 7.50. The molecule has 0 aromatic rings. The van der Waals surface area contributed by atoms with Crippen LogP contribution >= 0.6 is 0 Å². The van der Waals surface area contributed by atoms with E-state index in [0.29, 0.717) is 13.1 Å². The Kier molecular flexibility index (Phi) is 4.52. The normalized spacial score (nSPS) is 20.4. The van der Waals surface area contributed by atoms with E-state index in [2.05, 4.69) is 11.9 Å². The molecule has 0 saturated carbocycles. The number of carbonyl (C=O) groups excluding carboxylic acids is 2. The molecule has 1 saturated heterocycles. The molecule has 0 aliphatic carbocycles. The highest BCUT2D eigenvalue weighted by atomic mass is 16.2. The van der Waals surface area contributed by atoms with Crippen molar-refractivity contribution in [3.8, 4) is 0 Å². The number of nitrogens with zero attached hydrogens (tertiary/aromatic N) is 1. The lowest BCUT2D eigenvalue weighted by Crippen LogP contribution is -2.44. The molecule has 0 aromatic heterocycles. The highest BCUT2D eigenvalue weighted by Crippen LogP contribution is 2.16. The Balaban J connectivity index is 2.43. The van der Waals surface area contributed by atoms with Crippen molar-refractivity contribution in [3.63, 3.8) is 0 Å². The molecule has 4 nitrogen and oxygen atoms in total. The average Bonchev–Trinajstić information content (AvgIpc) is 2.26. The van der Waals surface area contributed by atoms with Crippen molar-refractivity contribution in [2.75, 3.05) is 19.6 Å². The first kappa shape index (κ1) is 12.7. The number of piperidine rings is 1. The van der Waals surface area contributed by atoms with E-state index >= 15 is 0 Å². The molecule has 16 heavy (non-hydrogen) atoms. The Labute approximate surface area is 96.7 Å². The van der Waals surface area contributed by atoms with E-state index in [-0.39, 0.29) is 17.7 Å². The van der Waals surface area contributed by atoms with Gasteiger partial charge in [-0.2, -0.15) is 0 Å². The number of hydrogen-bond acceptors (Lipinski definition) is 2. The lowest BCUT2D eigenvalue weighted by Gasteiger charge is -2.31. The predicted octanol–water partition coefficient (Wildman–Crippen LogP) is 0.937. The SMILES string of the molecule is C=C(C)CNC(=O)C1CCCN(C(C)=O)C1. The maximum atomic E-state index is 11.8. The summed E-state index contributed by atoms with van der Waals surface area (Å²) in [6, 6.07) is 0.